The normalized spacial score (nSPS) is 11.3. The van der Waals surface area contributed by atoms with Crippen LogP contribution in [-0.2, 0) is 0 Å². The second-order valence-electron chi connectivity index (χ2n) is 9.00. The van der Waals surface area contributed by atoms with Crippen LogP contribution in [0.2, 0.25) is 0 Å². The number of nitrogens with zero attached hydrogens (tertiary/aromatic N) is 1. The molecule has 0 saturated heterocycles. The van der Waals surface area contributed by atoms with Crippen molar-refractivity contribution >= 4 is 49.8 Å². The summed E-state index contributed by atoms with van der Waals surface area (Å²) in [6.45, 7) is 0. The van der Waals surface area contributed by atoms with E-state index in [4.69, 9.17) is 4.42 Å². The van der Waals surface area contributed by atoms with Gasteiger partial charge in [-0.25, -0.2) is 0 Å². The molecule has 0 fully saturated rings. The van der Waals surface area contributed by atoms with Crippen molar-refractivity contribution in [2.75, 3.05) is 4.90 Å². The molecule has 0 unspecified atom stereocenters. The Bertz CT molecular complexity index is 1830. The molecule has 0 spiro atoms. The standard InChI is InChI=1S/C34H23NO/c1-3-11-24(12-4-1)26-14-9-17-28(23-26)35(27-15-5-2-6-16-27)31-20-10-19-30-33-29-18-8-7-13-25(29)21-22-32(33)36-34(30)31/h1-23H. The second kappa shape index (κ2) is 8.44. The zero-order valence-electron chi connectivity index (χ0n) is 19.6. The van der Waals surface area contributed by atoms with Crippen molar-refractivity contribution in [3.05, 3.63) is 140 Å². The number of furan rings is 1. The first kappa shape index (κ1) is 20.5. The quantitative estimate of drug-likeness (QED) is 0.259. The first-order valence-electron chi connectivity index (χ1n) is 12.2. The summed E-state index contributed by atoms with van der Waals surface area (Å²) in [6.07, 6.45) is 0. The Balaban J connectivity index is 1.50. The molecule has 1 aromatic heterocycles. The van der Waals surface area contributed by atoms with E-state index in [2.05, 4.69) is 144 Å². The van der Waals surface area contributed by atoms with Gasteiger partial charge >= 0.3 is 0 Å². The molecule has 0 radical (unpaired) electrons. The highest BCUT2D eigenvalue weighted by molar-refractivity contribution is 6.20. The Hall–Kier alpha value is -4.82. The maximum atomic E-state index is 6.59. The Labute approximate surface area is 209 Å². The molecule has 7 rings (SSSR count). The minimum Gasteiger partial charge on any atom is -0.454 e. The van der Waals surface area contributed by atoms with Gasteiger partial charge in [-0.3, -0.25) is 0 Å². The monoisotopic (exact) mass is 461 g/mol. The molecule has 7 aromatic rings. The Morgan fingerprint density at radius 1 is 0.472 bits per heavy atom. The molecular formula is C34H23NO. The second-order valence-corrected chi connectivity index (χ2v) is 9.00. The molecule has 2 heteroatoms. The van der Waals surface area contributed by atoms with Crippen molar-refractivity contribution in [2.45, 2.75) is 0 Å². The van der Waals surface area contributed by atoms with Crippen molar-refractivity contribution in [2.24, 2.45) is 0 Å². The molecule has 0 bridgehead atoms. The van der Waals surface area contributed by atoms with E-state index in [-0.39, 0.29) is 0 Å². The number of anilines is 3. The first-order chi connectivity index (χ1) is 17.9. The predicted octanol–water partition coefficient (Wildman–Crippen LogP) is 9.88. The molecule has 6 aromatic carbocycles. The van der Waals surface area contributed by atoms with Crippen molar-refractivity contribution in [3.8, 4) is 11.1 Å². The van der Waals surface area contributed by atoms with Crippen molar-refractivity contribution in [1.82, 2.24) is 0 Å². The lowest BCUT2D eigenvalue weighted by atomic mass is 10.0. The fraction of sp³-hybridized carbons (Fsp3) is 0. The fourth-order valence-corrected chi connectivity index (χ4v) is 5.19. The van der Waals surface area contributed by atoms with E-state index < -0.39 is 0 Å². The van der Waals surface area contributed by atoms with E-state index in [9.17, 15) is 0 Å². The largest absolute Gasteiger partial charge is 0.454 e. The molecule has 1 heterocycles. The lowest BCUT2D eigenvalue weighted by Crippen LogP contribution is -2.10. The molecule has 36 heavy (non-hydrogen) atoms. The van der Waals surface area contributed by atoms with E-state index in [1.54, 1.807) is 0 Å². The Morgan fingerprint density at radius 3 is 2.00 bits per heavy atom. The third-order valence-electron chi connectivity index (χ3n) is 6.83. The number of benzene rings is 6. The number of para-hydroxylation sites is 2. The lowest BCUT2D eigenvalue weighted by Gasteiger charge is -2.26. The molecule has 170 valence electrons. The number of hydrogen-bond acceptors (Lipinski definition) is 2. The molecule has 0 amide bonds. The molecule has 0 aliphatic heterocycles. The number of rotatable bonds is 4. The maximum absolute atomic E-state index is 6.59. The van der Waals surface area contributed by atoms with Crippen LogP contribution in [0.5, 0.6) is 0 Å². The van der Waals surface area contributed by atoms with Gasteiger partial charge in [0, 0.05) is 22.1 Å². The van der Waals surface area contributed by atoms with E-state index in [0.29, 0.717) is 0 Å². The van der Waals surface area contributed by atoms with Crippen LogP contribution in [0.3, 0.4) is 0 Å². The van der Waals surface area contributed by atoms with Gasteiger partial charge < -0.3 is 9.32 Å². The van der Waals surface area contributed by atoms with Crippen LogP contribution < -0.4 is 4.90 Å². The van der Waals surface area contributed by atoms with Gasteiger partial charge in [0.2, 0.25) is 0 Å². The van der Waals surface area contributed by atoms with Crippen LogP contribution in [0.1, 0.15) is 0 Å². The maximum Gasteiger partial charge on any atom is 0.159 e. The highest BCUT2D eigenvalue weighted by atomic mass is 16.3. The van der Waals surface area contributed by atoms with Crippen LogP contribution in [0.4, 0.5) is 17.1 Å². The van der Waals surface area contributed by atoms with Gasteiger partial charge in [-0.05, 0) is 58.3 Å². The van der Waals surface area contributed by atoms with Crippen LogP contribution in [0.25, 0.3) is 43.8 Å². The van der Waals surface area contributed by atoms with Gasteiger partial charge in [-0.2, -0.15) is 0 Å². The smallest absolute Gasteiger partial charge is 0.159 e. The molecule has 2 nitrogen and oxygen atoms in total. The van der Waals surface area contributed by atoms with Gasteiger partial charge in [0.15, 0.2) is 5.58 Å². The summed E-state index contributed by atoms with van der Waals surface area (Å²) >= 11 is 0. The summed E-state index contributed by atoms with van der Waals surface area (Å²) in [5, 5.41) is 4.72. The van der Waals surface area contributed by atoms with Crippen molar-refractivity contribution in [1.29, 1.82) is 0 Å². The summed E-state index contributed by atoms with van der Waals surface area (Å²) in [6, 6.07) is 48.9. The molecule has 0 N–H and O–H groups in total. The number of hydrogen-bond donors (Lipinski definition) is 0. The summed E-state index contributed by atoms with van der Waals surface area (Å²) in [7, 11) is 0. The van der Waals surface area contributed by atoms with E-state index in [1.807, 2.05) is 0 Å². The van der Waals surface area contributed by atoms with Gasteiger partial charge in [0.05, 0.1) is 5.69 Å². The summed E-state index contributed by atoms with van der Waals surface area (Å²) in [4.78, 5) is 2.29. The van der Waals surface area contributed by atoms with Crippen LogP contribution in [0.15, 0.2) is 144 Å². The SMILES string of the molecule is c1ccc(-c2cccc(N(c3ccccc3)c3cccc4c3oc3ccc5ccccc5c34)c2)cc1. The Morgan fingerprint density at radius 2 is 1.14 bits per heavy atom. The molecular weight excluding hydrogens is 438 g/mol. The lowest BCUT2D eigenvalue weighted by molar-refractivity contribution is 0.669. The fourth-order valence-electron chi connectivity index (χ4n) is 5.19. The van der Waals surface area contributed by atoms with Gasteiger partial charge in [0.25, 0.3) is 0 Å². The van der Waals surface area contributed by atoms with Crippen LogP contribution in [0, 0.1) is 0 Å². The third kappa shape index (κ3) is 3.35. The van der Waals surface area contributed by atoms with Crippen molar-refractivity contribution < 1.29 is 4.42 Å². The molecule has 0 saturated carbocycles. The van der Waals surface area contributed by atoms with E-state index >= 15 is 0 Å². The first-order valence-corrected chi connectivity index (χ1v) is 12.2. The van der Waals surface area contributed by atoms with Crippen LogP contribution >= 0.6 is 0 Å². The molecule has 0 aliphatic carbocycles. The molecule has 0 atom stereocenters. The summed E-state index contributed by atoms with van der Waals surface area (Å²) in [5.74, 6) is 0. The minimum absolute atomic E-state index is 0.887. The number of fused-ring (bicyclic) bond motifs is 5. The molecule has 0 aliphatic rings. The van der Waals surface area contributed by atoms with Crippen molar-refractivity contribution in [3.63, 3.8) is 0 Å². The average Bonchev–Trinajstić information content (AvgIpc) is 3.35. The summed E-state index contributed by atoms with van der Waals surface area (Å²) in [5.41, 5.74) is 7.35. The predicted molar refractivity (Wildman–Crippen MR) is 151 cm³/mol. The van der Waals surface area contributed by atoms with Gasteiger partial charge in [-0.15, -0.1) is 0 Å². The topological polar surface area (TPSA) is 16.4 Å². The average molecular weight is 462 g/mol. The Kier molecular flexibility index (Phi) is 4.82. The minimum atomic E-state index is 0.887. The van der Waals surface area contributed by atoms with E-state index in [0.717, 1.165) is 39.0 Å². The van der Waals surface area contributed by atoms with Gasteiger partial charge in [0.1, 0.15) is 5.58 Å². The highest BCUT2D eigenvalue weighted by Crippen LogP contribution is 2.44. The van der Waals surface area contributed by atoms with E-state index in [1.165, 1.54) is 21.9 Å². The highest BCUT2D eigenvalue weighted by Gasteiger charge is 2.20. The zero-order valence-corrected chi connectivity index (χ0v) is 19.6. The summed E-state index contributed by atoms with van der Waals surface area (Å²) < 4.78 is 6.59. The van der Waals surface area contributed by atoms with Gasteiger partial charge in [-0.1, -0.05) is 103 Å². The zero-order chi connectivity index (χ0) is 23.9. The van der Waals surface area contributed by atoms with Crippen LogP contribution in [-0.4, -0.2) is 0 Å². The third-order valence-corrected chi connectivity index (χ3v) is 6.83.